The van der Waals surface area contributed by atoms with Crippen LogP contribution < -0.4 is 5.32 Å². The van der Waals surface area contributed by atoms with Crippen LogP contribution >= 0.6 is 0 Å². The minimum Gasteiger partial charge on any atom is -0.359 e. The summed E-state index contributed by atoms with van der Waals surface area (Å²) >= 11 is 0. The third-order valence-electron chi connectivity index (χ3n) is 5.14. The summed E-state index contributed by atoms with van der Waals surface area (Å²) in [5.74, 6) is 0.207. The van der Waals surface area contributed by atoms with Crippen LogP contribution in [0, 0.1) is 5.41 Å². The maximum atomic E-state index is 11.9. The van der Waals surface area contributed by atoms with Gasteiger partial charge in [-0.05, 0) is 12.8 Å². The summed E-state index contributed by atoms with van der Waals surface area (Å²) in [5.41, 5.74) is -0.159. The van der Waals surface area contributed by atoms with E-state index in [9.17, 15) is 4.79 Å². The third kappa shape index (κ3) is 10.2. The maximum absolute atomic E-state index is 11.9. The van der Waals surface area contributed by atoms with E-state index in [1.807, 2.05) is 0 Å². The fraction of sp³-hybridized carbons (Fsp3) is 0.950. The van der Waals surface area contributed by atoms with Gasteiger partial charge in [0.05, 0.1) is 0 Å². The van der Waals surface area contributed by atoms with Gasteiger partial charge in [-0.25, -0.2) is 0 Å². The second kappa shape index (κ2) is 14.1. The van der Waals surface area contributed by atoms with Crippen LogP contribution in [0.25, 0.3) is 0 Å². The van der Waals surface area contributed by atoms with Crippen LogP contribution in [-0.4, -0.2) is 13.0 Å². The Kier molecular flexibility index (Phi) is 13.7. The van der Waals surface area contributed by atoms with Crippen molar-refractivity contribution in [1.29, 1.82) is 0 Å². The van der Waals surface area contributed by atoms with Gasteiger partial charge >= 0.3 is 0 Å². The molecule has 0 aliphatic heterocycles. The number of rotatable bonds is 15. The fourth-order valence-electron chi connectivity index (χ4n) is 3.11. The number of carbonyl (C=O) groups excluding carboxylic acids is 1. The molecular formula is C20H41NO. The molecular weight excluding hydrogens is 270 g/mol. The maximum Gasteiger partial charge on any atom is 0.225 e. The molecule has 1 atom stereocenters. The molecule has 1 unspecified atom stereocenters. The van der Waals surface area contributed by atoms with Crippen molar-refractivity contribution in [2.24, 2.45) is 5.41 Å². The molecule has 1 amide bonds. The largest absolute Gasteiger partial charge is 0.359 e. The average molecular weight is 312 g/mol. The minimum absolute atomic E-state index is 0.159. The fourth-order valence-corrected chi connectivity index (χ4v) is 3.11. The van der Waals surface area contributed by atoms with E-state index in [2.05, 4.69) is 26.1 Å². The molecule has 2 nitrogen and oxygen atoms in total. The second-order valence-electron chi connectivity index (χ2n) is 7.13. The van der Waals surface area contributed by atoms with Gasteiger partial charge in [0, 0.05) is 12.5 Å². The number of hydrogen-bond acceptors (Lipinski definition) is 1. The summed E-state index contributed by atoms with van der Waals surface area (Å²) in [4.78, 5) is 11.9. The van der Waals surface area contributed by atoms with E-state index in [0.717, 1.165) is 12.8 Å². The molecule has 0 radical (unpaired) electrons. The van der Waals surface area contributed by atoms with Crippen molar-refractivity contribution in [2.45, 2.75) is 111 Å². The van der Waals surface area contributed by atoms with Gasteiger partial charge in [-0.3, -0.25) is 4.79 Å². The van der Waals surface area contributed by atoms with Crippen molar-refractivity contribution < 1.29 is 4.79 Å². The highest BCUT2D eigenvalue weighted by Crippen LogP contribution is 2.28. The molecule has 132 valence electrons. The molecule has 0 aromatic rings. The van der Waals surface area contributed by atoms with Gasteiger partial charge in [0.25, 0.3) is 0 Å². The minimum atomic E-state index is -0.159. The van der Waals surface area contributed by atoms with E-state index >= 15 is 0 Å². The van der Waals surface area contributed by atoms with Crippen LogP contribution in [-0.2, 0) is 4.79 Å². The molecule has 0 bridgehead atoms. The Hall–Kier alpha value is -0.530. The number of carbonyl (C=O) groups is 1. The van der Waals surface area contributed by atoms with Crippen molar-refractivity contribution >= 4 is 5.91 Å². The van der Waals surface area contributed by atoms with Crippen molar-refractivity contribution in [3.05, 3.63) is 0 Å². The SMILES string of the molecule is CCCCCCCCCCCCCCC(C)(CC)C(=O)NC. The standard InChI is InChI=1S/C20H41NO/c1-5-7-8-9-10-11-12-13-14-15-16-17-18-20(3,6-2)19(22)21-4/h5-18H2,1-4H3,(H,21,22). The zero-order valence-electron chi connectivity index (χ0n) is 15.8. The van der Waals surface area contributed by atoms with E-state index in [1.54, 1.807) is 7.05 Å². The predicted molar refractivity (Wildman–Crippen MR) is 98.2 cm³/mol. The first-order valence-corrected chi connectivity index (χ1v) is 9.83. The Morgan fingerprint density at radius 1 is 0.773 bits per heavy atom. The Balaban J connectivity index is 3.41. The summed E-state index contributed by atoms with van der Waals surface area (Å²) < 4.78 is 0. The summed E-state index contributed by atoms with van der Waals surface area (Å²) in [7, 11) is 1.75. The average Bonchev–Trinajstić information content (AvgIpc) is 2.54. The smallest absolute Gasteiger partial charge is 0.225 e. The van der Waals surface area contributed by atoms with Gasteiger partial charge in [0.1, 0.15) is 0 Å². The Bertz CT molecular complexity index is 264. The van der Waals surface area contributed by atoms with E-state index < -0.39 is 0 Å². The lowest BCUT2D eigenvalue weighted by atomic mass is 9.81. The quantitative estimate of drug-likeness (QED) is 0.356. The highest BCUT2D eigenvalue weighted by molar-refractivity contribution is 5.81. The monoisotopic (exact) mass is 311 g/mol. The zero-order valence-corrected chi connectivity index (χ0v) is 15.8. The molecule has 0 saturated heterocycles. The van der Waals surface area contributed by atoms with Gasteiger partial charge in [-0.15, -0.1) is 0 Å². The Morgan fingerprint density at radius 3 is 1.55 bits per heavy atom. The predicted octanol–water partition coefficient (Wildman–Crippen LogP) is 6.24. The summed E-state index contributed by atoms with van der Waals surface area (Å²) in [5, 5.41) is 2.81. The number of unbranched alkanes of at least 4 members (excludes halogenated alkanes) is 11. The molecule has 1 N–H and O–H groups in total. The highest BCUT2D eigenvalue weighted by Gasteiger charge is 2.29. The van der Waals surface area contributed by atoms with E-state index in [0.29, 0.717) is 0 Å². The molecule has 0 aromatic carbocycles. The zero-order chi connectivity index (χ0) is 16.7. The molecule has 0 aliphatic rings. The Morgan fingerprint density at radius 2 is 1.18 bits per heavy atom. The van der Waals surface area contributed by atoms with Crippen molar-refractivity contribution in [2.75, 3.05) is 7.05 Å². The van der Waals surface area contributed by atoms with Gasteiger partial charge < -0.3 is 5.32 Å². The molecule has 0 saturated carbocycles. The molecule has 0 spiro atoms. The van der Waals surface area contributed by atoms with Crippen LogP contribution in [0.3, 0.4) is 0 Å². The van der Waals surface area contributed by atoms with Crippen LogP contribution in [0.4, 0.5) is 0 Å². The van der Waals surface area contributed by atoms with Gasteiger partial charge in [0.15, 0.2) is 0 Å². The first-order valence-electron chi connectivity index (χ1n) is 9.83. The van der Waals surface area contributed by atoms with Crippen molar-refractivity contribution in [3.63, 3.8) is 0 Å². The molecule has 0 rings (SSSR count). The number of amides is 1. The molecule has 2 heteroatoms. The molecule has 0 heterocycles. The topological polar surface area (TPSA) is 29.1 Å². The lowest BCUT2D eigenvalue weighted by molar-refractivity contribution is -0.130. The Labute approximate surface area is 139 Å². The highest BCUT2D eigenvalue weighted by atomic mass is 16.2. The van der Waals surface area contributed by atoms with E-state index in [4.69, 9.17) is 0 Å². The first kappa shape index (κ1) is 21.5. The normalized spacial score (nSPS) is 13.8. The van der Waals surface area contributed by atoms with Crippen LogP contribution in [0.15, 0.2) is 0 Å². The van der Waals surface area contributed by atoms with Crippen LogP contribution in [0.5, 0.6) is 0 Å². The van der Waals surface area contributed by atoms with E-state index in [1.165, 1.54) is 77.0 Å². The third-order valence-corrected chi connectivity index (χ3v) is 5.14. The lowest BCUT2D eigenvalue weighted by Gasteiger charge is -2.26. The van der Waals surface area contributed by atoms with Crippen molar-refractivity contribution in [1.82, 2.24) is 5.32 Å². The summed E-state index contributed by atoms with van der Waals surface area (Å²) in [6.07, 6.45) is 18.4. The van der Waals surface area contributed by atoms with Gasteiger partial charge in [0.2, 0.25) is 5.91 Å². The second-order valence-corrected chi connectivity index (χ2v) is 7.13. The first-order chi connectivity index (χ1) is 10.6. The summed E-state index contributed by atoms with van der Waals surface area (Å²) in [6, 6.07) is 0. The molecule has 22 heavy (non-hydrogen) atoms. The molecule has 0 fully saturated rings. The van der Waals surface area contributed by atoms with Crippen LogP contribution in [0.2, 0.25) is 0 Å². The molecule has 0 aromatic heterocycles. The van der Waals surface area contributed by atoms with Gasteiger partial charge in [-0.1, -0.05) is 97.8 Å². The van der Waals surface area contributed by atoms with E-state index in [-0.39, 0.29) is 11.3 Å². The lowest BCUT2D eigenvalue weighted by Crippen LogP contribution is -2.36. The molecule has 0 aliphatic carbocycles. The summed E-state index contributed by atoms with van der Waals surface area (Å²) in [6.45, 7) is 6.50. The number of nitrogens with one attached hydrogen (secondary N) is 1. The van der Waals surface area contributed by atoms with Gasteiger partial charge in [-0.2, -0.15) is 0 Å². The van der Waals surface area contributed by atoms with Crippen molar-refractivity contribution in [3.8, 4) is 0 Å². The van der Waals surface area contributed by atoms with Crippen LogP contribution in [0.1, 0.15) is 111 Å². The number of hydrogen-bond donors (Lipinski definition) is 1.